The van der Waals surface area contributed by atoms with Crippen LogP contribution in [0.1, 0.15) is 50.9 Å². The topological polar surface area (TPSA) is 85.3 Å². The van der Waals surface area contributed by atoms with Gasteiger partial charge in [-0.05, 0) is 37.8 Å². The molecule has 3 N–H and O–H groups in total. The molecule has 2 aromatic rings. The van der Waals surface area contributed by atoms with Gasteiger partial charge in [-0.1, -0.05) is 18.9 Å². The third kappa shape index (κ3) is 3.11. The zero-order valence-electron chi connectivity index (χ0n) is 12.9. The summed E-state index contributed by atoms with van der Waals surface area (Å²) in [5, 5.41) is 11.3. The standard InChI is InChI=1S/C16H23N5O/c1-11(16-20-19-14-8-4-5-9-21(14)16)18-15(22)10-12-6-2-3-7-13(12)17/h4-5,8-9,11-13H,2-3,6-7,10,17H2,1H3,(H,18,22). The van der Waals surface area contributed by atoms with E-state index < -0.39 is 0 Å². The van der Waals surface area contributed by atoms with Gasteiger partial charge in [0.05, 0.1) is 6.04 Å². The van der Waals surface area contributed by atoms with E-state index in [0.29, 0.717) is 12.3 Å². The number of pyridine rings is 1. The van der Waals surface area contributed by atoms with Gasteiger partial charge in [0.25, 0.3) is 0 Å². The highest BCUT2D eigenvalue weighted by atomic mass is 16.1. The van der Waals surface area contributed by atoms with Crippen molar-refractivity contribution in [3.8, 4) is 0 Å². The smallest absolute Gasteiger partial charge is 0.220 e. The summed E-state index contributed by atoms with van der Waals surface area (Å²) in [4.78, 5) is 12.3. The summed E-state index contributed by atoms with van der Waals surface area (Å²) in [7, 11) is 0. The van der Waals surface area contributed by atoms with Gasteiger partial charge in [-0.2, -0.15) is 0 Å². The normalized spacial score (nSPS) is 23.4. The van der Waals surface area contributed by atoms with Crippen LogP contribution in [0, 0.1) is 5.92 Å². The zero-order valence-corrected chi connectivity index (χ0v) is 12.9. The molecule has 1 aliphatic rings. The molecule has 2 heterocycles. The molecule has 1 fully saturated rings. The summed E-state index contributed by atoms with van der Waals surface area (Å²) in [6.07, 6.45) is 6.85. The third-order valence-electron chi connectivity index (χ3n) is 4.52. The summed E-state index contributed by atoms with van der Waals surface area (Å²) in [5.41, 5.74) is 6.91. The van der Waals surface area contributed by atoms with E-state index in [4.69, 9.17) is 5.73 Å². The lowest BCUT2D eigenvalue weighted by Gasteiger charge is -2.28. The molecule has 0 saturated heterocycles. The second-order valence-electron chi connectivity index (χ2n) is 6.19. The average molecular weight is 301 g/mol. The molecular weight excluding hydrogens is 278 g/mol. The number of carbonyl (C=O) groups is 1. The first-order chi connectivity index (χ1) is 10.6. The highest BCUT2D eigenvalue weighted by molar-refractivity contribution is 5.76. The van der Waals surface area contributed by atoms with E-state index in [1.165, 1.54) is 12.8 Å². The SMILES string of the molecule is CC(NC(=O)CC1CCCCC1N)c1nnc2ccccn12. The zero-order chi connectivity index (χ0) is 15.5. The lowest BCUT2D eigenvalue weighted by molar-refractivity contribution is -0.123. The van der Waals surface area contributed by atoms with Crippen molar-refractivity contribution in [1.82, 2.24) is 19.9 Å². The third-order valence-corrected chi connectivity index (χ3v) is 4.52. The van der Waals surface area contributed by atoms with Crippen molar-refractivity contribution in [1.29, 1.82) is 0 Å². The van der Waals surface area contributed by atoms with E-state index in [-0.39, 0.29) is 18.0 Å². The van der Waals surface area contributed by atoms with Gasteiger partial charge in [0.1, 0.15) is 0 Å². The van der Waals surface area contributed by atoms with Crippen molar-refractivity contribution in [2.45, 2.75) is 51.1 Å². The summed E-state index contributed by atoms with van der Waals surface area (Å²) >= 11 is 0. The van der Waals surface area contributed by atoms with E-state index >= 15 is 0 Å². The summed E-state index contributed by atoms with van der Waals surface area (Å²) in [6, 6.07) is 5.72. The van der Waals surface area contributed by atoms with Crippen molar-refractivity contribution in [2.24, 2.45) is 11.7 Å². The van der Waals surface area contributed by atoms with Crippen molar-refractivity contribution >= 4 is 11.6 Å². The molecule has 0 spiro atoms. The Labute approximate surface area is 130 Å². The first kappa shape index (κ1) is 15.0. The van der Waals surface area contributed by atoms with E-state index in [9.17, 15) is 4.79 Å². The van der Waals surface area contributed by atoms with E-state index in [1.54, 1.807) is 0 Å². The van der Waals surface area contributed by atoms with Gasteiger partial charge in [0, 0.05) is 18.7 Å². The molecular formula is C16H23N5O. The van der Waals surface area contributed by atoms with Crippen molar-refractivity contribution in [3.05, 3.63) is 30.2 Å². The fourth-order valence-corrected chi connectivity index (χ4v) is 3.25. The van der Waals surface area contributed by atoms with Crippen LogP contribution in [0.5, 0.6) is 0 Å². The molecule has 3 rings (SSSR count). The molecule has 2 aromatic heterocycles. The minimum atomic E-state index is -0.176. The fraction of sp³-hybridized carbons (Fsp3) is 0.562. The first-order valence-electron chi connectivity index (χ1n) is 8.00. The van der Waals surface area contributed by atoms with Crippen LogP contribution in [-0.4, -0.2) is 26.5 Å². The average Bonchev–Trinajstić information content (AvgIpc) is 2.93. The highest BCUT2D eigenvalue weighted by Crippen LogP contribution is 2.25. The van der Waals surface area contributed by atoms with Gasteiger partial charge in [-0.15, -0.1) is 10.2 Å². The molecule has 0 aliphatic heterocycles. The van der Waals surface area contributed by atoms with E-state index in [1.807, 2.05) is 35.7 Å². The fourth-order valence-electron chi connectivity index (χ4n) is 3.25. The molecule has 1 amide bonds. The molecule has 6 heteroatoms. The maximum absolute atomic E-state index is 12.3. The quantitative estimate of drug-likeness (QED) is 0.902. The number of aromatic nitrogens is 3. The Morgan fingerprint density at radius 1 is 1.41 bits per heavy atom. The molecule has 3 atom stereocenters. The predicted molar refractivity (Wildman–Crippen MR) is 84.1 cm³/mol. The number of hydrogen-bond acceptors (Lipinski definition) is 4. The van der Waals surface area contributed by atoms with Crippen LogP contribution in [0.2, 0.25) is 0 Å². The Morgan fingerprint density at radius 3 is 3.05 bits per heavy atom. The van der Waals surface area contributed by atoms with Gasteiger partial charge in [0.15, 0.2) is 11.5 Å². The van der Waals surface area contributed by atoms with Gasteiger partial charge in [0.2, 0.25) is 5.91 Å². The number of fused-ring (bicyclic) bond motifs is 1. The molecule has 0 bridgehead atoms. The number of rotatable bonds is 4. The second kappa shape index (κ2) is 6.44. The Morgan fingerprint density at radius 2 is 2.23 bits per heavy atom. The summed E-state index contributed by atoms with van der Waals surface area (Å²) < 4.78 is 1.90. The maximum atomic E-state index is 12.3. The monoisotopic (exact) mass is 301 g/mol. The van der Waals surface area contributed by atoms with Crippen LogP contribution in [0.15, 0.2) is 24.4 Å². The van der Waals surface area contributed by atoms with E-state index in [2.05, 4.69) is 15.5 Å². The molecule has 1 saturated carbocycles. The second-order valence-corrected chi connectivity index (χ2v) is 6.19. The number of amides is 1. The lowest BCUT2D eigenvalue weighted by atomic mass is 9.83. The first-order valence-corrected chi connectivity index (χ1v) is 8.00. The minimum Gasteiger partial charge on any atom is -0.346 e. The largest absolute Gasteiger partial charge is 0.346 e. The number of nitrogens with two attached hydrogens (primary N) is 1. The van der Waals surface area contributed by atoms with Crippen LogP contribution < -0.4 is 11.1 Å². The lowest BCUT2D eigenvalue weighted by Crippen LogP contribution is -2.37. The summed E-state index contributed by atoms with van der Waals surface area (Å²) in [5.74, 6) is 1.09. The van der Waals surface area contributed by atoms with Gasteiger partial charge in [-0.25, -0.2) is 0 Å². The van der Waals surface area contributed by atoms with Crippen molar-refractivity contribution in [2.75, 3.05) is 0 Å². The molecule has 3 unspecified atom stereocenters. The molecule has 0 aromatic carbocycles. The Bertz CT molecular complexity index is 653. The molecule has 6 nitrogen and oxygen atoms in total. The van der Waals surface area contributed by atoms with Crippen molar-refractivity contribution in [3.63, 3.8) is 0 Å². The van der Waals surface area contributed by atoms with Crippen LogP contribution in [0.25, 0.3) is 5.65 Å². The number of carbonyl (C=O) groups excluding carboxylic acids is 1. The van der Waals surface area contributed by atoms with Crippen LogP contribution in [0.3, 0.4) is 0 Å². The van der Waals surface area contributed by atoms with Crippen LogP contribution in [0.4, 0.5) is 0 Å². The van der Waals surface area contributed by atoms with Crippen LogP contribution >= 0.6 is 0 Å². The molecule has 118 valence electrons. The Balaban J connectivity index is 1.63. The van der Waals surface area contributed by atoms with Gasteiger partial charge >= 0.3 is 0 Å². The maximum Gasteiger partial charge on any atom is 0.220 e. The minimum absolute atomic E-state index is 0.0440. The predicted octanol–water partition coefficient (Wildman–Crippen LogP) is 1.81. The Hall–Kier alpha value is -1.95. The highest BCUT2D eigenvalue weighted by Gasteiger charge is 2.25. The molecule has 22 heavy (non-hydrogen) atoms. The van der Waals surface area contributed by atoms with E-state index in [0.717, 1.165) is 24.3 Å². The summed E-state index contributed by atoms with van der Waals surface area (Å²) in [6.45, 7) is 1.93. The number of nitrogens with one attached hydrogen (secondary N) is 1. The van der Waals surface area contributed by atoms with Crippen molar-refractivity contribution < 1.29 is 4.79 Å². The molecule has 0 radical (unpaired) electrons. The van der Waals surface area contributed by atoms with Gasteiger partial charge in [-0.3, -0.25) is 9.20 Å². The Kier molecular flexibility index (Phi) is 4.38. The van der Waals surface area contributed by atoms with Gasteiger partial charge < -0.3 is 11.1 Å². The van der Waals surface area contributed by atoms with Crippen LogP contribution in [-0.2, 0) is 4.79 Å². The number of hydrogen-bond donors (Lipinski definition) is 2. The number of nitrogens with zero attached hydrogens (tertiary/aromatic N) is 3. The molecule has 1 aliphatic carbocycles.